The van der Waals surface area contributed by atoms with Crippen molar-refractivity contribution < 1.29 is 18.0 Å². The van der Waals surface area contributed by atoms with Crippen LogP contribution in [0.5, 0.6) is 0 Å². The van der Waals surface area contributed by atoms with Gasteiger partial charge in [-0.25, -0.2) is 8.42 Å². The van der Waals surface area contributed by atoms with Gasteiger partial charge in [-0.3, -0.25) is 9.59 Å². The fourth-order valence-corrected chi connectivity index (χ4v) is 5.82. The van der Waals surface area contributed by atoms with E-state index in [0.717, 1.165) is 30.6 Å². The predicted molar refractivity (Wildman–Crippen MR) is 107 cm³/mol. The number of carbonyl (C=O) groups excluding carboxylic acids is 2. The van der Waals surface area contributed by atoms with Crippen molar-refractivity contribution in [3.63, 3.8) is 0 Å². The maximum atomic E-state index is 12.9. The first-order valence-electron chi connectivity index (χ1n) is 9.46. The SMILES string of the molecule is C[C@@H](CC(=O)NC1CCCCC1)S(=O)(=O)c1ccc2c(c1)NC(=O)CCS2. The van der Waals surface area contributed by atoms with Gasteiger partial charge in [0, 0.05) is 29.5 Å². The Morgan fingerprint density at radius 1 is 1.30 bits per heavy atom. The Morgan fingerprint density at radius 3 is 2.78 bits per heavy atom. The second-order valence-corrected chi connectivity index (χ2v) is 10.8. The van der Waals surface area contributed by atoms with Crippen molar-refractivity contribution in [3.8, 4) is 0 Å². The molecule has 0 saturated heterocycles. The van der Waals surface area contributed by atoms with Gasteiger partial charge < -0.3 is 10.6 Å². The first kappa shape index (κ1) is 20.2. The summed E-state index contributed by atoms with van der Waals surface area (Å²) in [6.45, 7) is 1.56. The third-order valence-electron chi connectivity index (χ3n) is 5.11. The number of fused-ring (bicyclic) bond motifs is 1. The van der Waals surface area contributed by atoms with Crippen LogP contribution < -0.4 is 10.6 Å². The van der Waals surface area contributed by atoms with Crippen LogP contribution in [0.25, 0.3) is 0 Å². The predicted octanol–water partition coefficient (Wildman–Crippen LogP) is 3.12. The lowest BCUT2D eigenvalue weighted by molar-refractivity contribution is -0.122. The molecule has 2 aliphatic rings. The minimum absolute atomic E-state index is 0.0585. The largest absolute Gasteiger partial charge is 0.353 e. The second-order valence-electron chi connectivity index (χ2n) is 7.27. The van der Waals surface area contributed by atoms with Crippen LogP contribution in [0.1, 0.15) is 51.9 Å². The molecule has 2 N–H and O–H groups in total. The van der Waals surface area contributed by atoms with E-state index in [0.29, 0.717) is 17.9 Å². The quantitative estimate of drug-likeness (QED) is 0.778. The summed E-state index contributed by atoms with van der Waals surface area (Å²) < 4.78 is 25.8. The Labute approximate surface area is 164 Å². The van der Waals surface area contributed by atoms with Gasteiger partial charge in [0.25, 0.3) is 0 Å². The van der Waals surface area contributed by atoms with E-state index in [1.807, 2.05) is 0 Å². The van der Waals surface area contributed by atoms with E-state index >= 15 is 0 Å². The number of benzene rings is 1. The third kappa shape index (κ3) is 5.04. The Morgan fingerprint density at radius 2 is 2.04 bits per heavy atom. The second kappa shape index (κ2) is 8.65. The standard InChI is InChI=1S/C19H26N2O4S2/c1-13(11-19(23)20-14-5-3-2-4-6-14)27(24,25)15-7-8-17-16(12-15)21-18(22)9-10-26-17/h7-8,12-14H,2-6,9-11H2,1H3,(H,20,23)(H,21,22)/t13-/m0/s1. The lowest BCUT2D eigenvalue weighted by Crippen LogP contribution is -2.38. The van der Waals surface area contributed by atoms with Crippen molar-refractivity contribution >= 4 is 39.1 Å². The zero-order valence-corrected chi connectivity index (χ0v) is 17.1. The zero-order chi connectivity index (χ0) is 19.4. The molecule has 0 radical (unpaired) electrons. The Balaban J connectivity index is 1.69. The van der Waals surface area contributed by atoms with Crippen LogP contribution in [0.15, 0.2) is 28.0 Å². The van der Waals surface area contributed by atoms with Gasteiger partial charge in [-0.05, 0) is 38.0 Å². The Kier molecular flexibility index (Phi) is 6.47. The highest BCUT2D eigenvalue weighted by Crippen LogP contribution is 2.33. The average Bonchev–Trinajstić information content (AvgIpc) is 2.82. The molecule has 8 heteroatoms. The Hall–Kier alpha value is -1.54. The molecular weight excluding hydrogens is 384 g/mol. The summed E-state index contributed by atoms with van der Waals surface area (Å²) in [5.74, 6) is 0.343. The number of thioether (sulfide) groups is 1. The number of hydrogen-bond donors (Lipinski definition) is 2. The van der Waals surface area contributed by atoms with Crippen LogP contribution in [-0.4, -0.2) is 37.3 Å². The van der Waals surface area contributed by atoms with E-state index in [-0.39, 0.29) is 29.2 Å². The summed E-state index contributed by atoms with van der Waals surface area (Å²) in [7, 11) is -3.66. The van der Waals surface area contributed by atoms with Gasteiger partial charge >= 0.3 is 0 Å². The van der Waals surface area contributed by atoms with Gasteiger partial charge in [-0.2, -0.15) is 0 Å². The van der Waals surface area contributed by atoms with Crippen molar-refractivity contribution in [1.82, 2.24) is 5.32 Å². The Bertz CT molecular complexity index is 817. The fraction of sp³-hybridized carbons (Fsp3) is 0.579. The molecule has 3 rings (SSSR count). The molecule has 0 aromatic heterocycles. The highest BCUT2D eigenvalue weighted by molar-refractivity contribution is 7.99. The fourth-order valence-electron chi connectivity index (χ4n) is 3.51. The van der Waals surface area contributed by atoms with Crippen molar-refractivity contribution in [1.29, 1.82) is 0 Å². The van der Waals surface area contributed by atoms with E-state index in [9.17, 15) is 18.0 Å². The van der Waals surface area contributed by atoms with E-state index < -0.39 is 15.1 Å². The molecule has 1 fully saturated rings. The van der Waals surface area contributed by atoms with Crippen LogP contribution in [0.3, 0.4) is 0 Å². The normalized spacial score (nSPS) is 19.5. The van der Waals surface area contributed by atoms with Crippen molar-refractivity contribution in [2.45, 2.75) is 73.0 Å². The van der Waals surface area contributed by atoms with Crippen molar-refractivity contribution in [2.75, 3.05) is 11.1 Å². The first-order valence-corrected chi connectivity index (χ1v) is 12.0. The molecule has 27 heavy (non-hydrogen) atoms. The number of amides is 2. The molecule has 0 unspecified atom stereocenters. The zero-order valence-electron chi connectivity index (χ0n) is 15.5. The van der Waals surface area contributed by atoms with Crippen LogP contribution in [0.4, 0.5) is 5.69 Å². The number of anilines is 1. The first-order chi connectivity index (χ1) is 12.9. The van der Waals surface area contributed by atoms with Gasteiger partial charge in [0.15, 0.2) is 9.84 Å². The van der Waals surface area contributed by atoms with Crippen LogP contribution in [0, 0.1) is 0 Å². The molecule has 1 aliphatic carbocycles. The summed E-state index contributed by atoms with van der Waals surface area (Å²) in [5.41, 5.74) is 0.530. The van der Waals surface area contributed by atoms with Crippen molar-refractivity contribution in [2.24, 2.45) is 0 Å². The molecule has 0 bridgehead atoms. The minimum Gasteiger partial charge on any atom is -0.353 e. The van der Waals surface area contributed by atoms with E-state index in [1.165, 1.54) is 24.2 Å². The van der Waals surface area contributed by atoms with Gasteiger partial charge in [-0.15, -0.1) is 11.8 Å². The van der Waals surface area contributed by atoms with Crippen molar-refractivity contribution in [3.05, 3.63) is 18.2 Å². The maximum Gasteiger partial charge on any atom is 0.225 e. The lowest BCUT2D eigenvalue weighted by Gasteiger charge is -2.23. The number of hydrogen-bond acceptors (Lipinski definition) is 5. The van der Waals surface area contributed by atoms with Gasteiger partial charge in [0.05, 0.1) is 15.8 Å². The maximum absolute atomic E-state index is 12.9. The molecule has 0 spiro atoms. The molecule has 6 nitrogen and oxygen atoms in total. The summed E-state index contributed by atoms with van der Waals surface area (Å²) in [6, 6.07) is 4.97. The van der Waals surface area contributed by atoms with Gasteiger partial charge in [0.2, 0.25) is 11.8 Å². The van der Waals surface area contributed by atoms with E-state index in [2.05, 4.69) is 10.6 Å². The molecule has 1 heterocycles. The number of nitrogens with one attached hydrogen (secondary N) is 2. The van der Waals surface area contributed by atoms with Crippen LogP contribution >= 0.6 is 11.8 Å². The van der Waals surface area contributed by atoms with E-state index in [1.54, 1.807) is 19.1 Å². The molecular formula is C19H26N2O4S2. The summed E-state index contributed by atoms with van der Waals surface area (Å²) in [4.78, 5) is 25.0. The molecule has 1 aromatic rings. The van der Waals surface area contributed by atoms with E-state index in [4.69, 9.17) is 0 Å². The summed E-state index contributed by atoms with van der Waals surface area (Å²) >= 11 is 1.53. The van der Waals surface area contributed by atoms with Gasteiger partial charge in [0.1, 0.15) is 0 Å². The number of rotatable bonds is 5. The third-order valence-corrected chi connectivity index (χ3v) is 8.33. The molecule has 148 valence electrons. The topological polar surface area (TPSA) is 92.3 Å². The lowest BCUT2D eigenvalue weighted by atomic mass is 9.95. The molecule has 2 amide bonds. The van der Waals surface area contributed by atoms with Gasteiger partial charge in [-0.1, -0.05) is 19.3 Å². The number of carbonyl (C=O) groups is 2. The molecule has 1 aromatic carbocycles. The highest BCUT2D eigenvalue weighted by atomic mass is 32.2. The van der Waals surface area contributed by atoms with Crippen LogP contribution in [0.2, 0.25) is 0 Å². The number of sulfone groups is 1. The van der Waals surface area contributed by atoms with Crippen LogP contribution in [-0.2, 0) is 19.4 Å². The molecule has 1 saturated carbocycles. The average molecular weight is 411 g/mol. The summed E-state index contributed by atoms with van der Waals surface area (Å²) in [5, 5.41) is 4.91. The molecule has 1 atom stereocenters. The molecule has 1 aliphatic heterocycles. The smallest absolute Gasteiger partial charge is 0.225 e. The monoisotopic (exact) mass is 410 g/mol. The minimum atomic E-state index is -3.66. The summed E-state index contributed by atoms with van der Waals surface area (Å²) in [6.07, 6.45) is 5.69. The highest BCUT2D eigenvalue weighted by Gasteiger charge is 2.28.